The second-order valence-corrected chi connectivity index (χ2v) is 5.56. The van der Waals surface area contributed by atoms with Crippen LogP contribution < -0.4 is 0 Å². The number of likely N-dealkylation sites (tertiary alicyclic amines) is 1. The fraction of sp³-hybridized carbons (Fsp3) is 0.353. The highest BCUT2D eigenvalue weighted by Crippen LogP contribution is 2.20. The number of H-pyrrole nitrogens is 1. The zero-order valence-electron chi connectivity index (χ0n) is 12.9. The van der Waals surface area contributed by atoms with E-state index in [9.17, 15) is 14.4 Å². The molecule has 2 aromatic rings. The summed E-state index contributed by atoms with van der Waals surface area (Å²) in [5, 5.41) is 0.948. The summed E-state index contributed by atoms with van der Waals surface area (Å²) in [5.74, 6) is -1.73. The van der Waals surface area contributed by atoms with E-state index in [-0.39, 0.29) is 24.8 Å². The summed E-state index contributed by atoms with van der Waals surface area (Å²) in [6, 6.07) is 9.38. The number of benzene rings is 1. The quantitative estimate of drug-likeness (QED) is 0.691. The third-order valence-corrected chi connectivity index (χ3v) is 4.04. The van der Waals surface area contributed by atoms with Gasteiger partial charge in [0, 0.05) is 17.4 Å². The van der Waals surface area contributed by atoms with E-state index in [2.05, 4.69) is 4.98 Å². The Bertz CT molecular complexity index is 732. The summed E-state index contributed by atoms with van der Waals surface area (Å²) >= 11 is 0. The van der Waals surface area contributed by atoms with E-state index in [1.807, 2.05) is 24.3 Å². The number of nitrogens with one attached hydrogen (secondary N) is 1. The van der Waals surface area contributed by atoms with Crippen molar-refractivity contribution in [1.29, 1.82) is 0 Å². The maximum absolute atomic E-state index is 12.5. The second kappa shape index (κ2) is 6.24. The molecule has 1 unspecified atom stereocenters. The summed E-state index contributed by atoms with van der Waals surface area (Å²) in [7, 11) is 0. The highest BCUT2D eigenvalue weighted by molar-refractivity contribution is 6.04. The Morgan fingerprint density at radius 2 is 2.13 bits per heavy atom. The predicted molar refractivity (Wildman–Crippen MR) is 83.9 cm³/mol. The molecule has 0 saturated carbocycles. The maximum atomic E-state index is 12.5. The zero-order valence-corrected chi connectivity index (χ0v) is 12.9. The van der Waals surface area contributed by atoms with E-state index >= 15 is 0 Å². The molecule has 1 fully saturated rings. The molecule has 3 rings (SSSR count). The molecule has 1 aliphatic rings. The van der Waals surface area contributed by atoms with E-state index in [1.54, 1.807) is 13.0 Å². The third-order valence-electron chi connectivity index (χ3n) is 4.04. The first kappa shape index (κ1) is 15.3. The van der Waals surface area contributed by atoms with Crippen LogP contribution in [-0.4, -0.2) is 47.2 Å². The largest absolute Gasteiger partial charge is 0.465 e. The molecule has 1 aromatic carbocycles. The number of aromatic amines is 1. The average Bonchev–Trinajstić information content (AvgIpc) is 2.98. The Labute approximate surface area is 133 Å². The number of carbonyl (C=O) groups is 3. The van der Waals surface area contributed by atoms with Crippen molar-refractivity contribution in [3.05, 3.63) is 36.0 Å². The molecule has 0 aliphatic carbocycles. The molecule has 1 atom stereocenters. The number of Topliss-reactive ketones (excluding diaryl/α,β-unsaturated/α-hetero) is 1. The molecule has 1 saturated heterocycles. The third kappa shape index (κ3) is 2.97. The number of hydrogen-bond donors (Lipinski definition) is 1. The molecule has 120 valence electrons. The minimum absolute atomic E-state index is 0.0579. The fourth-order valence-corrected chi connectivity index (χ4v) is 2.85. The summed E-state index contributed by atoms with van der Waals surface area (Å²) < 4.78 is 4.90. The van der Waals surface area contributed by atoms with Gasteiger partial charge in [-0.2, -0.15) is 0 Å². The molecule has 1 aliphatic heterocycles. The average molecular weight is 314 g/mol. The number of ether oxygens (including phenoxy) is 1. The molecule has 1 amide bonds. The van der Waals surface area contributed by atoms with Crippen molar-refractivity contribution in [3.8, 4) is 0 Å². The molecule has 6 nitrogen and oxygen atoms in total. The Balaban J connectivity index is 1.72. The van der Waals surface area contributed by atoms with Gasteiger partial charge in [0.05, 0.1) is 13.2 Å². The van der Waals surface area contributed by atoms with Crippen LogP contribution in [0.2, 0.25) is 0 Å². The van der Waals surface area contributed by atoms with Gasteiger partial charge in [-0.25, -0.2) is 0 Å². The van der Waals surface area contributed by atoms with Crippen LogP contribution in [0.1, 0.15) is 23.8 Å². The lowest BCUT2D eigenvalue weighted by Crippen LogP contribution is -2.46. The first-order valence-corrected chi connectivity index (χ1v) is 7.66. The van der Waals surface area contributed by atoms with Crippen LogP contribution in [0.25, 0.3) is 10.9 Å². The Hall–Kier alpha value is -2.63. The normalized spacial score (nSPS) is 18.2. The number of nitrogens with zero attached hydrogens (tertiary/aromatic N) is 1. The summed E-state index contributed by atoms with van der Waals surface area (Å²) in [5.41, 5.74) is 1.33. The van der Waals surface area contributed by atoms with Gasteiger partial charge in [0.1, 0.15) is 11.6 Å². The number of ketones is 1. The number of aromatic nitrogens is 1. The van der Waals surface area contributed by atoms with Gasteiger partial charge in [-0.3, -0.25) is 14.4 Å². The maximum Gasteiger partial charge on any atom is 0.316 e. The van der Waals surface area contributed by atoms with Crippen molar-refractivity contribution in [2.45, 2.75) is 13.3 Å². The van der Waals surface area contributed by atoms with Crippen molar-refractivity contribution in [3.63, 3.8) is 0 Å². The molecule has 6 heteroatoms. The Morgan fingerprint density at radius 1 is 1.35 bits per heavy atom. The van der Waals surface area contributed by atoms with Gasteiger partial charge in [0.15, 0.2) is 5.78 Å². The fourth-order valence-electron chi connectivity index (χ4n) is 2.85. The Morgan fingerprint density at radius 3 is 2.83 bits per heavy atom. The number of esters is 1. The van der Waals surface area contributed by atoms with Crippen molar-refractivity contribution in [1.82, 2.24) is 9.88 Å². The van der Waals surface area contributed by atoms with Gasteiger partial charge in [-0.05, 0) is 25.5 Å². The molecule has 1 aromatic heterocycles. The lowest BCUT2D eigenvalue weighted by atomic mass is 9.95. The number of fused-ring (bicyclic) bond motifs is 1. The van der Waals surface area contributed by atoms with E-state index in [1.165, 1.54) is 4.90 Å². The minimum Gasteiger partial charge on any atom is -0.465 e. The molecular formula is C17H18N2O4. The van der Waals surface area contributed by atoms with Gasteiger partial charge in [-0.1, -0.05) is 18.2 Å². The molecular weight excluding hydrogens is 296 g/mol. The lowest BCUT2D eigenvalue weighted by molar-refractivity contribution is -0.153. The molecule has 1 N–H and O–H groups in total. The number of hydrogen-bond acceptors (Lipinski definition) is 4. The van der Waals surface area contributed by atoms with E-state index in [0.717, 1.165) is 10.9 Å². The molecule has 0 spiro atoms. The summed E-state index contributed by atoms with van der Waals surface area (Å²) in [4.78, 5) is 40.9. The first-order valence-electron chi connectivity index (χ1n) is 7.66. The number of carbonyl (C=O) groups excluding carboxylic acids is 3. The van der Waals surface area contributed by atoms with Gasteiger partial charge in [-0.15, -0.1) is 0 Å². The number of para-hydroxylation sites is 1. The van der Waals surface area contributed by atoms with Crippen molar-refractivity contribution in [2.24, 2.45) is 5.92 Å². The zero-order chi connectivity index (χ0) is 16.4. The van der Waals surface area contributed by atoms with Crippen LogP contribution in [0.3, 0.4) is 0 Å². The van der Waals surface area contributed by atoms with Crippen LogP contribution >= 0.6 is 0 Å². The van der Waals surface area contributed by atoms with Gasteiger partial charge in [0.2, 0.25) is 0 Å². The van der Waals surface area contributed by atoms with Gasteiger partial charge in [0.25, 0.3) is 5.91 Å². The predicted octanol–water partition coefficient (Wildman–Crippen LogP) is 1.76. The van der Waals surface area contributed by atoms with Gasteiger partial charge < -0.3 is 14.6 Å². The highest BCUT2D eigenvalue weighted by Gasteiger charge is 2.35. The van der Waals surface area contributed by atoms with Crippen molar-refractivity contribution in [2.75, 3.05) is 19.7 Å². The molecule has 0 bridgehead atoms. The number of piperidine rings is 1. The van der Waals surface area contributed by atoms with Crippen LogP contribution in [0.4, 0.5) is 0 Å². The van der Waals surface area contributed by atoms with Crippen LogP contribution in [0.15, 0.2) is 30.3 Å². The van der Waals surface area contributed by atoms with Crippen LogP contribution in [0, 0.1) is 5.92 Å². The summed E-state index contributed by atoms with van der Waals surface area (Å²) in [6.45, 7) is 2.26. The topological polar surface area (TPSA) is 79.5 Å². The van der Waals surface area contributed by atoms with E-state index < -0.39 is 11.9 Å². The SMILES string of the molecule is CCOC(=O)C1CCN(C(=O)c2cc3ccccc3[nH]2)CC1=O. The number of rotatable bonds is 3. The minimum atomic E-state index is -0.748. The monoisotopic (exact) mass is 314 g/mol. The standard InChI is InChI=1S/C17H18N2O4/c1-2-23-17(22)12-7-8-19(10-15(12)20)16(21)14-9-11-5-3-4-6-13(11)18-14/h3-6,9,12,18H,2,7-8,10H2,1H3. The smallest absolute Gasteiger partial charge is 0.316 e. The van der Waals surface area contributed by atoms with Gasteiger partial charge >= 0.3 is 5.97 Å². The summed E-state index contributed by atoms with van der Waals surface area (Å²) in [6.07, 6.45) is 0.309. The van der Waals surface area contributed by atoms with Crippen molar-refractivity contribution < 1.29 is 19.1 Å². The molecule has 2 heterocycles. The number of amides is 1. The molecule has 0 radical (unpaired) electrons. The first-order chi connectivity index (χ1) is 11.1. The van der Waals surface area contributed by atoms with E-state index in [0.29, 0.717) is 18.7 Å². The highest BCUT2D eigenvalue weighted by atomic mass is 16.5. The van der Waals surface area contributed by atoms with Crippen LogP contribution in [0.5, 0.6) is 0 Å². The van der Waals surface area contributed by atoms with E-state index in [4.69, 9.17) is 4.74 Å². The second-order valence-electron chi connectivity index (χ2n) is 5.56. The Kier molecular flexibility index (Phi) is 4.14. The van der Waals surface area contributed by atoms with Crippen LogP contribution in [-0.2, 0) is 14.3 Å². The lowest BCUT2D eigenvalue weighted by Gasteiger charge is -2.29. The van der Waals surface area contributed by atoms with Crippen molar-refractivity contribution >= 4 is 28.6 Å². The molecule has 23 heavy (non-hydrogen) atoms.